The van der Waals surface area contributed by atoms with E-state index in [2.05, 4.69) is 26.3 Å². The molecule has 1 amide bonds. The molecule has 27 heavy (non-hydrogen) atoms. The quantitative estimate of drug-likeness (QED) is 0.732. The summed E-state index contributed by atoms with van der Waals surface area (Å²) >= 11 is 0. The highest BCUT2D eigenvalue weighted by molar-refractivity contribution is 5.67. The highest BCUT2D eigenvalue weighted by Crippen LogP contribution is 2.23. The third-order valence-electron chi connectivity index (χ3n) is 4.58. The number of nitriles is 1. The van der Waals surface area contributed by atoms with Gasteiger partial charge in [0.1, 0.15) is 23.2 Å². The highest BCUT2D eigenvalue weighted by Gasteiger charge is 2.24. The Morgan fingerprint density at radius 2 is 2.22 bits per heavy atom. The number of carboxylic acid groups (broad SMARTS) is 1. The van der Waals surface area contributed by atoms with Crippen molar-refractivity contribution in [3.8, 4) is 17.5 Å². The Bertz CT molecular complexity index is 1040. The molecule has 0 aliphatic carbocycles. The van der Waals surface area contributed by atoms with Crippen LogP contribution in [0, 0.1) is 11.3 Å². The molecular formula is C18H17N7O2. The van der Waals surface area contributed by atoms with Gasteiger partial charge in [-0.2, -0.15) is 5.26 Å². The second kappa shape index (κ2) is 6.92. The van der Waals surface area contributed by atoms with E-state index in [1.165, 1.54) is 11.1 Å². The van der Waals surface area contributed by atoms with Crippen LogP contribution in [-0.4, -0.2) is 54.6 Å². The SMILES string of the molecule is N#Cc1ncc(N[C@@H]2CCCN(C(=O)O)C2)nc1-c1cnc2ccccn12. The van der Waals surface area contributed by atoms with Gasteiger partial charge < -0.3 is 15.3 Å². The number of carbonyl (C=O) groups is 1. The lowest BCUT2D eigenvalue weighted by Crippen LogP contribution is -2.44. The Morgan fingerprint density at radius 3 is 3.04 bits per heavy atom. The number of anilines is 1. The fourth-order valence-electron chi connectivity index (χ4n) is 3.30. The van der Waals surface area contributed by atoms with E-state index < -0.39 is 6.09 Å². The van der Waals surface area contributed by atoms with Gasteiger partial charge in [0.05, 0.1) is 18.1 Å². The van der Waals surface area contributed by atoms with Crippen molar-refractivity contribution in [2.24, 2.45) is 0 Å². The molecule has 0 saturated carbocycles. The number of nitrogens with zero attached hydrogens (tertiary/aromatic N) is 6. The van der Waals surface area contributed by atoms with Crippen molar-refractivity contribution in [1.29, 1.82) is 5.26 Å². The minimum atomic E-state index is -0.918. The van der Waals surface area contributed by atoms with E-state index in [9.17, 15) is 15.2 Å². The number of piperidine rings is 1. The first-order chi connectivity index (χ1) is 13.2. The molecule has 3 aromatic rings. The largest absolute Gasteiger partial charge is 0.465 e. The van der Waals surface area contributed by atoms with Crippen molar-refractivity contribution in [3.63, 3.8) is 0 Å². The Balaban J connectivity index is 1.66. The van der Waals surface area contributed by atoms with Crippen LogP contribution in [0.15, 0.2) is 36.8 Å². The number of aromatic nitrogens is 4. The number of fused-ring (bicyclic) bond motifs is 1. The zero-order valence-electron chi connectivity index (χ0n) is 14.4. The van der Waals surface area contributed by atoms with Gasteiger partial charge in [-0.3, -0.25) is 4.40 Å². The lowest BCUT2D eigenvalue weighted by atomic mass is 10.1. The van der Waals surface area contributed by atoms with Gasteiger partial charge in [-0.15, -0.1) is 0 Å². The number of hydrogen-bond donors (Lipinski definition) is 2. The molecule has 4 heterocycles. The fraction of sp³-hybridized carbons (Fsp3) is 0.278. The summed E-state index contributed by atoms with van der Waals surface area (Å²) in [5, 5.41) is 21.9. The third kappa shape index (κ3) is 3.25. The molecule has 0 unspecified atom stereocenters. The molecule has 9 nitrogen and oxygen atoms in total. The van der Waals surface area contributed by atoms with Gasteiger partial charge in [0.2, 0.25) is 0 Å². The van der Waals surface area contributed by atoms with Crippen molar-refractivity contribution >= 4 is 17.6 Å². The summed E-state index contributed by atoms with van der Waals surface area (Å²) in [4.78, 5) is 25.7. The number of pyridine rings is 1. The van der Waals surface area contributed by atoms with Crippen LogP contribution >= 0.6 is 0 Å². The molecule has 3 aromatic heterocycles. The van der Waals surface area contributed by atoms with E-state index >= 15 is 0 Å². The molecule has 4 rings (SSSR count). The van der Waals surface area contributed by atoms with Gasteiger partial charge in [0.15, 0.2) is 5.69 Å². The van der Waals surface area contributed by atoms with Crippen LogP contribution in [0.2, 0.25) is 0 Å². The smallest absolute Gasteiger partial charge is 0.407 e. The molecule has 0 aromatic carbocycles. The van der Waals surface area contributed by atoms with Crippen molar-refractivity contribution in [3.05, 3.63) is 42.5 Å². The van der Waals surface area contributed by atoms with E-state index in [1.807, 2.05) is 28.8 Å². The molecule has 0 radical (unpaired) electrons. The maximum Gasteiger partial charge on any atom is 0.407 e. The van der Waals surface area contributed by atoms with Crippen LogP contribution in [0.1, 0.15) is 18.5 Å². The molecule has 1 aliphatic rings. The summed E-state index contributed by atoms with van der Waals surface area (Å²) < 4.78 is 1.85. The van der Waals surface area contributed by atoms with Crippen molar-refractivity contribution < 1.29 is 9.90 Å². The Labute approximate surface area is 154 Å². The molecule has 9 heteroatoms. The molecule has 136 valence electrons. The summed E-state index contributed by atoms with van der Waals surface area (Å²) in [6, 6.07) is 7.66. The summed E-state index contributed by atoms with van der Waals surface area (Å²) in [7, 11) is 0. The summed E-state index contributed by atoms with van der Waals surface area (Å²) in [5.41, 5.74) is 2.07. The average Bonchev–Trinajstić information content (AvgIpc) is 3.12. The second-order valence-corrected chi connectivity index (χ2v) is 6.35. The Morgan fingerprint density at radius 1 is 1.33 bits per heavy atom. The average molecular weight is 363 g/mol. The second-order valence-electron chi connectivity index (χ2n) is 6.35. The zero-order chi connectivity index (χ0) is 18.8. The number of hydrogen-bond acceptors (Lipinski definition) is 6. The number of amides is 1. The van der Waals surface area contributed by atoms with Gasteiger partial charge in [0, 0.05) is 25.3 Å². The van der Waals surface area contributed by atoms with E-state index in [0.717, 1.165) is 18.5 Å². The molecule has 1 fully saturated rings. The molecule has 1 saturated heterocycles. The van der Waals surface area contributed by atoms with Crippen molar-refractivity contribution in [2.75, 3.05) is 18.4 Å². The lowest BCUT2D eigenvalue weighted by molar-refractivity contribution is 0.133. The Kier molecular flexibility index (Phi) is 4.30. The Hall–Kier alpha value is -3.67. The molecule has 0 bridgehead atoms. The minimum Gasteiger partial charge on any atom is -0.465 e. The number of nitrogens with one attached hydrogen (secondary N) is 1. The first-order valence-corrected chi connectivity index (χ1v) is 8.59. The van der Waals surface area contributed by atoms with E-state index in [-0.39, 0.29) is 11.7 Å². The summed E-state index contributed by atoms with van der Waals surface area (Å²) in [5.74, 6) is 0.507. The van der Waals surface area contributed by atoms with Gasteiger partial charge in [-0.25, -0.2) is 19.7 Å². The number of imidazole rings is 1. The van der Waals surface area contributed by atoms with Gasteiger partial charge in [-0.05, 0) is 25.0 Å². The van der Waals surface area contributed by atoms with Crippen LogP contribution in [-0.2, 0) is 0 Å². The molecule has 1 atom stereocenters. The lowest BCUT2D eigenvalue weighted by Gasteiger charge is -2.31. The van der Waals surface area contributed by atoms with Crippen molar-refractivity contribution in [2.45, 2.75) is 18.9 Å². The third-order valence-corrected chi connectivity index (χ3v) is 4.58. The molecule has 2 N–H and O–H groups in total. The van der Waals surface area contributed by atoms with E-state index in [4.69, 9.17) is 0 Å². The van der Waals surface area contributed by atoms with Crippen LogP contribution < -0.4 is 5.32 Å². The highest BCUT2D eigenvalue weighted by atomic mass is 16.4. The fourth-order valence-corrected chi connectivity index (χ4v) is 3.30. The van der Waals surface area contributed by atoms with Crippen LogP contribution in [0.3, 0.4) is 0 Å². The number of rotatable bonds is 3. The van der Waals surface area contributed by atoms with Gasteiger partial charge in [0.25, 0.3) is 0 Å². The van der Waals surface area contributed by atoms with Crippen molar-refractivity contribution in [1.82, 2.24) is 24.3 Å². The van der Waals surface area contributed by atoms with Crippen LogP contribution in [0.5, 0.6) is 0 Å². The minimum absolute atomic E-state index is 0.0490. The number of likely N-dealkylation sites (tertiary alicyclic amines) is 1. The van der Waals surface area contributed by atoms with Gasteiger partial charge in [-0.1, -0.05) is 6.07 Å². The first-order valence-electron chi connectivity index (χ1n) is 8.59. The predicted molar refractivity (Wildman–Crippen MR) is 97.2 cm³/mol. The van der Waals surface area contributed by atoms with Gasteiger partial charge >= 0.3 is 6.09 Å². The first kappa shape index (κ1) is 16.8. The molecular weight excluding hydrogens is 346 g/mol. The molecule has 0 spiro atoms. The van der Waals surface area contributed by atoms with Crippen LogP contribution in [0.25, 0.3) is 17.0 Å². The van der Waals surface area contributed by atoms with Crippen LogP contribution in [0.4, 0.5) is 10.6 Å². The maximum absolute atomic E-state index is 11.2. The molecule has 1 aliphatic heterocycles. The predicted octanol–water partition coefficient (Wildman–Crippen LogP) is 2.22. The summed E-state index contributed by atoms with van der Waals surface area (Å²) in [6.45, 7) is 0.932. The topological polar surface area (TPSA) is 119 Å². The maximum atomic E-state index is 11.2. The monoisotopic (exact) mass is 363 g/mol. The zero-order valence-corrected chi connectivity index (χ0v) is 14.4. The summed E-state index contributed by atoms with van der Waals surface area (Å²) in [6.07, 6.45) is 5.73. The standard InChI is InChI=1S/C18H17N7O2/c19-8-13-17(14-9-21-16-5-1-2-7-25(14)16)23-15(10-20-13)22-12-4-3-6-24(11-12)18(26)27/h1-2,5,7,9-10,12H,3-4,6,11H2,(H,22,23)(H,26,27)/t12-/m1/s1. The normalized spacial score (nSPS) is 16.9. The van der Waals surface area contributed by atoms with E-state index in [1.54, 1.807) is 6.20 Å². The van der Waals surface area contributed by atoms with E-state index in [0.29, 0.717) is 30.3 Å².